The van der Waals surface area contributed by atoms with E-state index in [9.17, 15) is 20.6 Å². The monoisotopic (exact) mass is 356 g/mol. The van der Waals surface area contributed by atoms with E-state index >= 15 is 0 Å². The first-order chi connectivity index (χ1) is 12.4. The van der Waals surface area contributed by atoms with Crippen molar-refractivity contribution in [3.8, 4) is 12.1 Å². The summed E-state index contributed by atoms with van der Waals surface area (Å²) in [4.78, 5) is 13.8. The minimum atomic E-state index is -1.65. The summed E-state index contributed by atoms with van der Waals surface area (Å²) in [5, 5.41) is 31.5. The van der Waals surface area contributed by atoms with Crippen molar-refractivity contribution < 1.29 is 19.4 Å². The van der Waals surface area contributed by atoms with Crippen LogP contribution in [0, 0.1) is 43.6 Å². The summed E-state index contributed by atoms with van der Waals surface area (Å²) < 4.78 is 11.5. The minimum Gasteiger partial charge on any atom is -0.314 e. The number of para-hydroxylation sites is 1. The minimum absolute atomic E-state index is 0.0200. The molecule has 1 saturated carbocycles. The van der Waals surface area contributed by atoms with Gasteiger partial charge in [-0.2, -0.15) is 10.5 Å². The molecule has 1 aliphatic heterocycles. The zero-order valence-corrected chi connectivity index (χ0v) is 14.4. The van der Waals surface area contributed by atoms with Crippen LogP contribution in [0.15, 0.2) is 24.3 Å². The fourth-order valence-corrected chi connectivity index (χ4v) is 4.22. The van der Waals surface area contributed by atoms with Crippen LogP contribution in [-0.4, -0.2) is 29.9 Å². The zero-order valence-electron chi connectivity index (χ0n) is 14.4. The van der Waals surface area contributed by atoms with Crippen LogP contribution in [0.5, 0.6) is 0 Å². The third-order valence-corrected chi connectivity index (χ3v) is 5.14. The highest BCUT2D eigenvalue weighted by atomic mass is 16.7. The van der Waals surface area contributed by atoms with Gasteiger partial charge in [-0.15, -0.1) is 0 Å². The van der Waals surface area contributed by atoms with Crippen LogP contribution in [-0.2, 0) is 9.47 Å². The second-order valence-electron chi connectivity index (χ2n) is 6.11. The predicted molar refractivity (Wildman–Crippen MR) is 88.1 cm³/mol. The molecule has 1 fully saturated rings. The lowest BCUT2D eigenvalue weighted by Crippen LogP contribution is -2.91. The first kappa shape index (κ1) is 17.8. The van der Waals surface area contributed by atoms with Crippen molar-refractivity contribution >= 4 is 11.5 Å². The zero-order chi connectivity index (χ0) is 19.2. The Hall–Kier alpha value is -3.01. The average molecular weight is 356 g/mol. The molecule has 134 valence electrons. The van der Waals surface area contributed by atoms with Crippen molar-refractivity contribution in [2.45, 2.75) is 25.7 Å². The number of ether oxygens (including phenoxy) is 2. The maximum absolute atomic E-state index is 11.5. The number of amidine groups is 1. The first-order valence-electron chi connectivity index (χ1n) is 8.17. The van der Waals surface area contributed by atoms with Crippen LogP contribution in [0.2, 0.25) is 0 Å². The molecule has 1 aromatic rings. The molecule has 26 heavy (non-hydrogen) atoms. The Kier molecular flexibility index (Phi) is 3.95. The van der Waals surface area contributed by atoms with E-state index in [1.807, 2.05) is 0 Å². The van der Waals surface area contributed by atoms with Gasteiger partial charge < -0.3 is 9.47 Å². The van der Waals surface area contributed by atoms with Gasteiger partial charge in [0.25, 0.3) is 11.5 Å². The first-order valence-corrected chi connectivity index (χ1v) is 8.17. The summed E-state index contributed by atoms with van der Waals surface area (Å²) in [5.41, 5.74) is 3.17. The van der Waals surface area contributed by atoms with Crippen LogP contribution in [0.3, 0.4) is 0 Å². The highest BCUT2D eigenvalue weighted by Crippen LogP contribution is 2.79. The number of benzene rings is 1. The van der Waals surface area contributed by atoms with Gasteiger partial charge in [-0.25, -0.2) is 4.99 Å². The molecule has 0 saturated heterocycles. The second-order valence-corrected chi connectivity index (χ2v) is 6.11. The molecule has 2 aliphatic rings. The fourth-order valence-electron chi connectivity index (χ4n) is 4.22. The number of nitrogens with two attached hydrogens (primary N) is 1. The Labute approximate surface area is 149 Å². The third kappa shape index (κ3) is 1.76. The molecule has 0 aromatic heterocycles. The number of nitrogens with one attached hydrogen (secondary N) is 1. The summed E-state index contributed by atoms with van der Waals surface area (Å²) in [7, 11) is 0. The van der Waals surface area contributed by atoms with E-state index in [1.165, 1.54) is 18.2 Å². The topological polar surface area (TPSA) is 149 Å². The summed E-state index contributed by atoms with van der Waals surface area (Å²) in [6.45, 7) is 3.82. The van der Waals surface area contributed by atoms with E-state index in [0.29, 0.717) is 0 Å². The number of rotatable bonds is 6. The van der Waals surface area contributed by atoms with Gasteiger partial charge >= 0.3 is 5.91 Å². The van der Waals surface area contributed by atoms with Crippen molar-refractivity contribution in [2.75, 3.05) is 13.2 Å². The lowest BCUT2D eigenvalue weighted by molar-refractivity contribution is -0.693. The number of nitriles is 2. The van der Waals surface area contributed by atoms with Crippen LogP contribution < -0.4 is 10.7 Å². The largest absolute Gasteiger partial charge is 0.343 e. The molecule has 0 spiro atoms. The summed E-state index contributed by atoms with van der Waals surface area (Å²) in [5.74, 6) is -2.49. The van der Waals surface area contributed by atoms with Crippen molar-refractivity contribution in [2.24, 2.45) is 16.6 Å². The molecule has 0 radical (unpaired) electrons. The van der Waals surface area contributed by atoms with Gasteiger partial charge in [-0.3, -0.25) is 15.8 Å². The van der Waals surface area contributed by atoms with Crippen molar-refractivity contribution in [1.82, 2.24) is 0 Å². The van der Waals surface area contributed by atoms with Crippen molar-refractivity contribution in [3.05, 3.63) is 39.9 Å². The Morgan fingerprint density at radius 3 is 2.38 bits per heavy atom. The SMILES string of the molecule is CCOC1(OCC)[NH+]=C(N)[C@@]2(C#N)[C@H](c3ccccc3[N+](=O)[O-])[C@@]12C#N. The van der Waals surface area contributed by atoms with E-state index in [4.69, 9.17) is 15.2 Å². The van der Waals surface area contributed by atoms with Gasteiger partial charge in [-0.1, -0.05) is 18.2 Å². The molecule has 0 bridgehead atoms. The van der Waals surface area contributed by atoms with Gasteiger partial charge in [0, 0.05) is 11.6 Å². The molecule has 1 aromatic carbocycles. The number of hydrogen-bond acceptors (Lipinski definition) is 7. The predicted octanol–water partition coefficient (Wildman–Crippen LogP) is -0.110. The maximum Gasteiger partial charge on any atom is 0.343 e. The Morgan fingerprint density at radius 2 is 1.88 bits per heavy atom. The Bertz CT molecular complexity index is 880. The van der Waals surface area contributed by atoms with Gasteiger partial charge in [0.05, 0.1) is 36.2 Å². The highest BCUT2D eigenvalue weighted by molar-refractivity contribution is 5.95. The van der Waals surface area contributed by atoms with E-state index in [1.54, 1.807) is 19.9 Å². The molecule has 3 atom stereocenters. The van der Waals surface area contributed by atoms with Gasteiger partial charge in [0.15, 0.2) is 10.8 Å². The molecule has 1 aliphatic carbocycles. The second kappa shape index (κ2) is 5.77. The highest BCUT2D eigenvalue weighted by Gasteiger charge is 2.97. The van der Waals surface area contributed by atoms with Gasteiger partial charge in [-0.05, 0) is 13.8 Å². The van der Waals surface area contributed by atoms with Crippen molar-refractivity contribution in [3.63, 3.8) is 0 Å². The smallest absolute Gasteiger partial charge is 0.314 e. The molecule has 0 unspecified atom stereocenters. The quantitative estimate of drug-likeness (QED) is 0.410. The van der Waals surface area contributed by atoms with Crippen LogP contribution in [0.4, 0.5) is 5.69 Å². The number of nitro groups is 1. The lowest BCUT2D eigenvalue weighted by atomic mass is 9.93. The summed E-state index contributed by atoms with van der Waals surface area (Å²) in [6.07, 6.45) is 0. The Morgan fingerprint density at radius 1 is 1.27 bits per heavy atom. The molecular weight excluding hydrogens is 338 g/mol. The van der Waals surface area contributed by atoms with Gasteiger partial charge in [0.2, 0.25) is 0 Å². The van der Waals surface area contributed by atoms with E-state index in [-0.39, 0.29) is 30.3 Å². The maximum atomic E-state index is 11.5. The Balaban J connectivity index is 2.28. The normalized spacial score (nSPS) is 30.6. The van der Waals surface area contributed by atoms with Crippen LogP contribution in [0.25, 0.3) is 0 Å². The number of hydrogen-bond donors (Lipinski definition) is 2. The number of nitro benzene ring substituents is 1. The van der Waals surface area contributed by atoms with Crippen molar-refractivity contribution in [1.29, 1.82) is 10.5 Å². The summed E-state index contributed by atoms with van der Waals surface area (Å²) >= 11 is 0. The molecule has 3 rings (SSSR count). The van der Waals surface area contributed by atoms with Crippen LogP contribution >= 0.6 is 0 Å². The molecule has 9 nitrogen and oxygen atoms in total. The lowest BCUT2D eigenvalue weighted by Gasteiger charge is -2.29. The van der Waals surface area contributed by atoms with Gasteiger partial charge in [0.1, 0.15) is 0 Å². The van der Waals surface area contributed by atoms with Crippen LogP contribution in [0.1, 0.15) is 25.3 Å². The fraction of sp³-hybridized carbons (Fsp3) is 0.471. The molecular formula is C17H18N5O4+. The third-order valence-electron chi connectivity index (χ3n) is 5.14. The molecule has 1 heterocycles. The molecule has 3 N–H and O–H groups in total. The molecule has 9 heteroatoms. The summed E-state index contributed by atoms with van der Waals surface area (Å²) in [6, 6.07) is 10.3. The number of fused-ring (bicyclic) bond motifs is 1. The molecule has 0 amide bonds. The van der Waals surface area contributed by atoms with E-state index in [2.05, 4.69) is 17.1 Å². The standard InChI is InChI=1S/C17H17N5O4/c1-3-25-17(26-4-2)16(10-19)13(15(16,9-18)14(20)21-17)11-7-5-6-8-12(11)22(23)24/h5-8,13H,3-4H2,1-2H3,(H2,20,21)/p+1/t13-,15+,16+/m0/s1. The van der Waals surface area contributed by atoms with E-state index < -0.39 is 27.6 Å². The van der Waals surface area contributed by atoms with E-state index in [0.717, 1.165) is 0 Å². The average Bonchev–Trinajstić information content (AvgIpc) is 3.20. The number of nitrogens with zero attached hydrogens (tertiary/aromatic N) is 3.